The highest BCUT2D eigenvalue weighted by Crippen LogP contribution is 2.25. The van der Waals surface area contributed by atoms with Crippen molar-refractivity contribution in [2.75, 3.05) is 6.54 Å². The molecule has 1 aromatic carbocycles. The van der Waals surface area contributed by atoms with Crippen LogP contribution in [0, 0.1) is 5.82 Å². The summed E-state index contributed by atoms with van der Waals surface area (Å²) in [4.78, 5) is 4.25. The average Bonchev–Trinajstić information content (AvgIpc) is 3.15. The Hall–Kier alpha value is -1.20. The van der Waals surface area contributed by atoms with Crippen LogP contribution in [-0.2, 0) is 6.42 Å². The Morgan fingerprint density at radius 1 is 1.40 bits per heavy atom. The second kappa shape index (κ2) is 6.06. The summed E-state index contributed by atoms with van der Waals surface area (Å²) in [6.07, 6.45) is 6.08. The molecule has 1 aliphatic rings. The summed E-state index contributed by atoms with van der Waals surface area (Å²) >= 11 is 3.14. The van der Waals surface area contributed by atoms with Gasteiger partial charge in [-0.1, -0.05) is 0 Å². The molecule has 3 rings (SSSR count). The Balaban J connectivity index is 1.58. The molecule has 5 heteroatoms. The molecule has 0 atom stereocenters. The molecule has 106 valence electrons. The maximum Gasteiger partial charge on any atom is 0.194 e. The monoisotopic (exact) mass is 338 g/mol. The number of benzene rings is 1. The summed E-state index contributed by atoms with van der Waals surface area (Å²) < 4.78 is 19.6. The van der Waals surface area contributed by atoms with Crippen molar-refractivity contribution in [2.45, 2.75) is 31.7 Å². The molecular formula is C15H16BrFN2O. The number of hydrogen-bond donors (Lipinski definition) is 1. The predicted octanol–water partition coefficient (Wildman–Crippen LogP) is 3.93. The minimum atomic E-state index is -0.297. The van der Waals surface area contributed by atoms with Gasteiger partial charge in [0.15, 0.2) is 11.7 Å². The van der Waals surface area contributed by atoms with Gasteiger partial charge in [0.05, 0.1) is 10.7 Å². The molecule has 0 radical (unpaired) electrons. The number of nitrogens with one attached hydrogen (secondary N) is 1. The van der Waals surface area contributed by atoms with Crippen molar-refractivity contribution in [1.29, 1.82) is 0 Å². The maximum absolute atomic E-state index is 13.5. The number of aromatic nitrogens is 1. The average molecular weight is 339 g/mol. The van der Waals surface area contributed by atoms with E-state index in [4.69, 9.17) is 4.42 Å². The lowest BCUT2D eigenvalue weighted by atomic mass is 10.2. The predicted molar refractivity (Wildman–Crippen MR) is 78.9 cm³/mol. The van der Waals surface area contributed by atoms with Crippen molar-refractivity contribution in [3.8, 4) is 11.3 Å². The number of aryl methyl sites for hydroxylation is 1. The van der Waals surface area contributed by atoms with E-state index in [1.165, 1.54) is 18.9 Å². The van der Waals surface area contributed by atoms with Gasteiger partial charge in [-0.3, -0.25) is 0 Å². The zero-order chi connectivity index (χ0) is 13.9. The van der Waals surface area contributed by atoms with E-state index in [0.29, 0.717) is 21.7 Å². The highest BCUT2D eigenvalue weighted by atomic mass is 79.9. The summed E-state index contributed by atoms with van der Waals surface area (Å²) in [7, 11) is 0. The molecule has 0 bridgehead atoms. The molecular weight excluding hydrogens is 323 g/mol. The first-order valence-electron chi connectivity index (χ1n) is 6.86. The number of nitrogens with zero attached hydrogens (tertiary/aromatic N) is 1. The largest absolute Gasteiger partial charge is 0.441 e. The van der Waals surface area contributed by atoms with Gasteiger partial charge in [-0.2, -0.15) is 0 Å². The molecule has 0 unspecified atom stereocenters. The molecule has 1 heterocycles. The number of rotatable bonds is 6. The fourth-order valence-corrected chi connectivity index (χ4v) is 2.29. The summed E-state index contributed by atoms with van der Waals surface area (Å²) in [5.41, 5.74) is 0.709. The molecule has 1 aliphatic carbocycles. The van der Waals surface area contributed by atoms with Gasteiger partial charge in [-0.15, -0.1) is 0 Å². The minimum Gasteiger partial charge on any atom is -0.441 e. The lowest BCUT2D eigenvalue weighted by Crippen LogP contribution is -2.17. The van der Waals surface area contributed by atoms with Crippen LogP contribution >= 0.6 is 15.9 Å². The highest BCUT2D eigenvalue weighted by Gasteiger charge is 2.19. The molecule has 1 aromatic heterocycles. The van der Waals surface area contributed by atoms with Crippen LogP contribution in [0.1, 0.15) is 25.2 Å². The first-order chi connectivity index (χ1) is 9.72. The van der Waals surface area contributed by atoms with E-state index in [2.05, 4.69) is 26.2 Å². The lowest BCUT2D eigenvalue weighted by molar-refractivity contribution is 0.491. The zero-order valence-corrected chi connectivity index (χ0v) is 12.6. The molecule has 1 N–H and O–H groups in total. The van der Waals surface area contributed by atoms with Gasteiger partial charge >= 0.3 is 0 Å². The molecule has 0 spiro atoms. The van der Waals surface area contributed by atoms with E-state index in [9.17, 15) is 4.39 Å². The van der Waals surface area contributed by atoms with E-state index >= 15 is 0 Å². The molecule has 2 aromatic rings. The van der Waals surface area contributed by atoms with Crippen LogP contribution in [-0.4, -0.2) is 17.6 Å². The Kier molecular flexibility index (Phi) is 4.17. The van der Waals surface area contributed by atoms with Gasteiger partial charge in [0.25, 0.3) is 0 Å². The van der Waals surface area contributed by atoms with Crippen LogP contribution in [0.3, 0.4) is 0 Å². The van der Waals surface area contributed by atoms with Crippen molar-refractivity contribution >= 4 is 15.9 Å². The summed E-state index contributed by atoms with van der Waals surface area (Å²) in [6.45, 7) is 0.995. The summed E-state index contributed by atoms with van der Waals surface area (Å²) in [6, 6.07) is 5.67. The second-order valence-corrected chi connectivity index (χ2v) is 5.93. The van der Waals surface area contributed by atoms with Crippen LogP contribution in [0.5, 0.6) is 0 Å². The lowest BCUT2D eigenvalue weighted by Gasteiger charge is -2.00. The van der Waals surface area contributed by atoms with Gasteiger partial charge in [0.1, 0.15) is 5.82 Å². The smallest absolute Gasteiger partial charge is 0.194 e. The van der Waals surface area contributed by atoms with Gasteiger partial charge in [0, 0.05) is 18.0 Å². The van der Waals surface area contributed by atoms with Crippen molar-refractivity contribution in [1.82, 2.24) is 10.3 Å². The van der Waals surface area contributed by atoms with Crippen molar-refractivity contribution < 1.29 is 8.81 Å². The quantitative estimate of drug-likeness (QED) is 0.811. The summed E-state index contributed by atoms with van der Waals surface area (Å²) in [5, 5.41) is 3.45. The fraction of sp³-hybridized carbons (Fsp3) is 0.400. The van der Waals surface area contributed by atoms with E-state index in [-0.39, 0.29) is 5.82 Å². The van der Waals surface area contributed by atoms with Crippen LogP contribution < -0.4 is 5.32 Å². The number of hydrogen-bond acceptors (Lipinski definition) is 3. The van der Waals surface area contributed by atoms with Crippen molar-refractivity contribution in [3.05, 3.63) is 40.6 Å². The van der Waals surface area contributed by atoms with E-state index in [0.717, 1.165) is 25.4 Å². The molecule has 1 fully saturated rings. The Labute approximate surface area is 125 Å². The first-order valence-corrected chi connectivity index (χ1v) is 7.65. The standard InChI is InChI=1S/C15H16BrFN2O/c16-12-6-3-10(8-13(12)17)14-9-19-15(20-14)2-1-7-18-11-4-5-11/h3,6,8-9,11,18H,1-2,4-5,7H2. The molecule has 0 saturated heterocycles. The molecule has 0 amide bonds. The Morgan fingerprint density at radius 3 is 3.00 bits per heavy atom. The molecule has 20 heavy (non-hydrogen) atoms. The maximum atomic E-state index is 13.5. The van der Waals surface area contributed by atoms with Gasteiger partial charge < -0.3 is 9.73 Å². The third-order valence-corrected chi connectivity index (χ3v) is 3.98. The van der Waals surface area contributed by atoms with Gasteiger partial charge in [0.2, 0.25) is 0 Å². The van der Waals surface area contributed by atoms with Gasteiger partial charge in [-0.25, -0.2) is 9.37 Å². The van der Waals surface area contributed by atoms with Crippen LogP contribution in [0.4, 0.5) is 4.39 Å². The van der Waals surface area contributed by atoms with E-state index in [1.54, 1.807) is 12.3 Å². The fourth-order valence-electron chi connectivity index (χ4n) is 2.04. The second-order valence-electron chi connectivity index (χ2n) is 5.08. The summed E-state index contributed by atoms with van der Waals surface area (Å²) in [5.74, 6) is 1.02. The van der Waals surface area contributed by atoms with E-state index < -0.39 is 0 Å². The Bertz CT molecular complexity index is 595. The SMILES string of the molecule is Fc1cc(-c2cnc(CCCNC3CC3)o2)ccc1Br. The van der Waals surface area contributed by atoms with Crippen LogP contribution in [0.15, 0.2) is 33.3 Å². The number of halogens is 2. The van der Waals surface area contributed by atoms with Crippen LogP contribution in [0.25, 0.3) is 11.3 Å². The topological polar surface area (TPSA) is 38.1 Å². The molecule has 0 aliphatic heterocycles. The van der Waals surface area contributed by atoms with Crippen molar-refractivity contribution in [2.24, 2.45) is 0 Å². The normalized spacial score (nSPS) is 14.7. The highest BCUT2D eigenvalue weighted by molar-refractivity contribution is 9.10. The minimum absolute atomic E-state index is 0.297. The third-order valence-electron chi connectivity index (χ3n) is 3.34. The Morgan fingerprint density at radius 2 is 2.25 bits per heavy atom. The first kappa shape index (κ1) is 13.8. The number of oxazole rings is 1. The van der Waals surface area contributed by atoms with Gasteiger partial charge in [-0.05, 0) is 59.9 Å². The third kappa shape index (κ3) is 3.46. The van der Waals surface area contributed by atoms with E-state index in [1.807, 2.05) is 6.07 Å². The van der Waals surface area contributed by atoms with Crippen molar-refractivity contribution in [3.63, 3.8) is 0 Å². The molecule has 3 nitrogen and oxygen atoms in total. The zero-order valence-electron chi connectivity index (χ0n) is 11.0. The molecule has 1 saturated carbocycles. The van der Waals surface area contributed by atoms with Crippen LogP contribution in [0.2, 0.25) is 0 Å².